The van der Waals surface area contributed by atoms with Crippen LogP contribution in [0.1, 0.15) is 11.8 Å². The lowest BCUT2D eigenvalue weighted by Gasteiger charge is -2.36. The molecule has 0 aliphatic carbocycles. The van der Waals surface area contributed by atoms with Gasteiger partial charge < -0.3 is 10.6 Å². The highest BCUT2D eigenvalue weighted by atomic mass is 32.1. The van der Waals surface area contributed by atoms with Gasteiger partial charge in [-0.3, -0.25) is 9.69 Å². The van der Waals surface area contributed by atoms with Gasteiger partial charge in [-0.15, -0.1) is 11.3 Å². The van der Waals surface area contributed by atoms with Crippen molar-refractivity contribution in [1.82, 2.24) is 14.8 Å². The minimum absolute atomic E-state index is 0.177. The number of carbonyl (C=O) groups is 1. The van der Waals surface area contributed by atoms with Gasteiger partial charge in [0.05, 0.1) is 6.54 Å². The molecular weight excluding hydrogens is 224 g/mol. The summed E-state index contributed by atoms with van der Waals surface area (Å²) >= 11 is 1.48. The molecule has 1 aromatic rings. The van der Waals surface area contributed by atoms with E-state index in [0.717, 1.165) is 18.0 Å². The van der Waals surface area contributed by atoms with E-state index >= 15 is 0 Å². The van der Waals surface area contributed by atoms with E-state index in [2.05, 4.69) is 16.8 Å². The average Bonchev–Trinajstić information content (AvgIpc) is 2.60. The number of rotatable bonds is 2. The van der Waals surface area contributed by atoms with E-state index in [1.165, 1.54) is 11.3 Å². The molecule has 2 N–H and O–H groups in total. The normalized spacial score (nSPS) is 22.8. The van der Waals surface area contributed by atoms with Crippen LogP contribution in [0.5, 0.6) is 0 Å². The fourth-order valence-corrected chi connectivity index (χ4v) is 2.57. The van der Waals surface area contributed by atoms with Gasteiger partial charge in [0, 0.05) is 37.3 Å². The standard InChI is InChI=1S/C10H16N4OS/c1-7-4-14(6-9(15)13(7)2)5-8-3-12-10(11)16-8/h3,7H,4-6H2,1-2H3,(H2,11,12). The zero-order valence-corrected chi connectivity index (χ0v) is 10.3. The van der Waals surface area contributed by atoms with Crippen LogP contribution in [0.15, 0.2) is 6.20 Å². The summed E-state index contributed by atoms with van der Waals surface area (Å²) in [5, 5.41) is 0.587. The summed E-state index contributed by atoms with van der Waals surface area (Å²) in [6, 6.07) is 0.270. The Bertz CT molecular complexity index is 392. The predicted molar refractivity (Wildman–Crippen MR) is 64.0 cm³/mol. The van der Waals surface area contributed by atoms with Crippen molar-refractivity contribution in [2.45, 2.75) is 19.5 Å². The largest absolute Gasteiger partial charge is 0.375 e. The maximum atomic E-state index is 11.7. The van der Waals surface area contributed by atoms with E-state index in [1.807, 2.05) is 7.05 Å². The van der Waals surface area contributed by atoms with Crippen molar-refractivity contribution in [2.24, 2.45) is 0 Å². The number of amides is 1. The van der Waals surface area contributed by atoms with Crippen molar-refractivity contribution in [3.63, 3.8) is 0 Å². The van der Waals surface area contributed by atoms with Gasteiger partial charge in [-0.05, 0) is 6.92 Å². The number of nitrogens with zero attached hydrogens (tertiary/aromatic N) is 3. The highest BCUT2D eigenvalue weighted by Gasteiger charge is 2.26. The van der Waals surface area contributed by atoms with Gasteiger partial charge in [0.15, 0.2) is 5.13 Å². The molecule has 1 aromatic heterocycles. The number of hydrogen-bond acceptors (Lipinski definition) is 5. The average molecular weight is 240 g/mol. The van der Waals surface area contributed by atoms with Crippen LogP contribution in [0.3, 0.4) is 0 Å². The minimum Gasteiger partial charge on any atom is -0.375 e. The van der Waals surface area contributed by atoms with Gasteiger partial charge in [-0.2, -0.15) is 0 Å². The van der Waals surface area contributed by atoms with E-state index in [4.69, 9.17) is 5.73 Å². The molecule has 2 heterocycles. The first-order valence-corrected chi connectivity index (χ1v) is 6.06. The third-order valence-electron chi connectivity index (χ3n) is 2.89. The van der Waals surface area contributed by atoms with Crippen molar-refractivity contribution in [2.75, 3.05) is 25.9 Å². The van der Waals surface area contributed by atoms with E-state index in [-0.39, 0.29) is 11.9 Å². The number of hydrogen-bond donors (Lipinski definition) is 1. The van der Waals surface area contributed by atoms with E-state index in [1.54, 1.807) is 11.1 Å². The Labute approximate surface area is 98.9 Å². The maximum absolute atomic E-state index is 11.7. The summed E-state index contributed by atoms with van der Waals surface area (Å²) in [4.78, 5) is 20.7. The molecule has 0 bridgehead atoms. The highest BCUT2D eigenvalue weighted by molar-refractivity contribution is 7.15. The molecule has 88 valence electrons. The van der Waals surface area contributed by atoms with Crippen molar-refractivity contribution < 1.29 is 4.79 Å². The first-order valence-electron chi connectivity index (χ1n) is 5.24. The molecule has 0 radical (unpaired) electrons. The van der Waals surface area contributed by atoms with Gasteiger partial charge in [0.1, 0.15) is 0 Å². The second-order valence-corrected chi connectivity index (χ2v) is 5.33. The summed E-state index contributed by atoms with van der Waals surface area (Å²) in [6.45, 7) is 4.21. The Hall–Kier alpha value is -1.14. The number of aromatic nitrogens is 1. The van der Waals surface area contributed by atoms with E-state index in [9.17, 15) is 4.79 Å². The van der Waals surface area contributed by atoms with Crippen LogP contribution >= 0.6 is 11.3 Å². The number of likely N-dealkylation sites (N-methyl/N-ethyl adjacent to an activating group) is 1. The summed E-state index contributed by atoms with van der Waals surface area (Å²) < 4.78 is 0. The first kappa shape index (κ1) is 11.3. The van der Waals surface area contributed by atoms with Crippen molar-refractivity contribution in [3.05, 3.63) is 11.1 Å². The van der Waals surface area contributed by atoms with Crippen LogP contribution in [-0.4, -0.2) is 46.9 Å². The third kappa shape index (κ3) is 2.33. The molecule has 1 saturated heterocycles. The first-order chi connectivity index (χ1) is 7.56. The monoisotopic (exact) mass is 240 g/mol. The molecule has 1 aliphatic rings. The van der Waals surface area contributed by atoms with Crippen LogP contribution in [0, 0.1) is 0 Å². The minimum atomic E-state index is 0.177. The second kappa shape index (κ2) is 4.39. The fraction of sp³-hybridized carbons (Fsp3) is 0.600. The zero-order chi connectivity index (χ0) is 11.7. The fourth-order valence-electron chi connectivity index (χ4n) is 1.85. The smallest absolute Gasteiger partial charge is 0.236 e. The molecule has 5 nitrogen and oxygen atoms in total. The van der Waals surface area contributed by atoms with Gasteiger partial charge in [0.2, 0.25) is 5.91 Å². The van der Waals surface area contributed by atoms with Crippen LogP contribution in [0.25, 0.3) is 0 Å². The zero-order valence-electron chi connectivity index (χ0n) is 9.51. The summed E-state index contributed by atoms with van der Waals surface area (Å²) in [6.07, 6.45) is 1.79. The number of anilines is 1. The Balaban J connectivity index is 1.99. The lowest BCUT2D eigenvalue weighted by atomic mass is 10.2. The highest BCUT2D eigenvalue weighted by Crippen LogP contribution is 2.18. The molecule has 1 atom stereocenters. The quantitative estimate of drug-likeness (QED) is 0.812. The van der Waals surface area contributed by atoms with Crippen LogP contribution in [-0.2, 0) is 11.3 Å². The number of piperazine rings is 1. The molecule has 0 saturated carbocycles. The lowest BCUT2D eigenvalue weighted by Crippen LogP contribution is -2.53. The summed E-state index contributed by atoms with van der Waals surface area (Å²) in [5.41, 5.74) is 5.57. The van der Waals surface area contributed by atoms with Gasteiger partial charge >= 0.3 is 0 Å². The number of thiazole rings is 1. The molecule has 0 aromatic carbocycles. The Morgan fingerprint density at radius 1 is 1.69 bits per heavy atom. The summed E-state index contributed by atoms with van der Waals surface area (Å²) in [7, 11) is 1.86. The Morgan fingerprint density at radius 3 is 3.00 bits per heavy atom. The molecule has 1 aliphatic heterocycles. The van der Waals surface area contributed by atoms with Crippen molar-refractivity contribution in [3.8, 4) is 0 Å². The van der Waals surface area contributed by atoms with Crippen LogP contribution in [0.4, 0.5) is 5.13 Å². The lowest BCUT2D eigenvalue weighted by molar-refractivity contribution is -0.137. The van der Waals surface area contributed by atoms with Gasteiger partial charge in [-0.1, -0.05) is 0 Å². The summed E-state index contributed by atoms with van der Waals surface area (Å²) in [5.74, 6) is 0.177. The van der Waals surface area contributed by atoms with E-state index < -0.39 is 0 Å². The van der Waals surface area contributed by atoms with Crippen LogP contribution in [0.2, 0.25) is 0 Å². The molecule has 1 unspecified atom stereocenters. The second-order valence-electron chi connectivity index (χ2n) is 4.19. The molecule has 16 heavy (non-hydrogen) atoms. The van der Waals surface area contributed by atoms with Crippen LogP contribution < -0.4 is 5.73 Å². The number of nitrogens with two attached hydrogens (primary N) is 1. The molecule has 6 heteroatoms. The van der Waals surface area contributed by atoms with E-state index in [0.29, 0.717) is 11.7 Å². The topological polar surface area (TPSA) is 62.5 Å². The predicted octanol–water partition coefficient (Wildman–Crippen LogP) is 0.388. The Kier molecular flexibility index (Phi) is 3.11. The van der Waals surface area contributed by atoms with Gasteiger partial charge in [-0.25, -0.2) is 4.98 Å². The SMILES string of the molecule is CC1CN(Cc2cnc(N)s2)CC(=O)N1C. The molecular formula is C10H16N4OS. The number of carbonyl (C=O) groups excluding carboxylic acids is 1. The molecule has 2 rings (SSSR count). The molecule has 1 amide bonds. The number of nitrogen functional groups attached to an aromatic ring is 1. The van der Waals surface area contributed by atoms with Crippen molar-refractivity contribution >= 4 is 22.4 Å². The third-order valence-corrected chi connectivity index (χ3v) is 3.70. The molecule has 1 fully saturated rings. The Morgan fingerprint density at radius 2 is 2.44 bits per heavy atom. The molecule has 0 spiro atoms. The van der Waals surface area contributed by atoms with Gasteiger partial charge in [0.25, 0.3) is 0 Å². The maximum Gasteiger partial charge on any atom is 0.236 e. The van der Waals surface area contributed by atoms with Crippen molar-refractivity contribution in [1.29, 1.82) is 0 Å².